The molecule has 1 amide bonds. The van der Waals surface area contributed by atoms with Crippen LogP contribution in [0.5, 0.6) is 0 Å². The van der Waals surface area contributed by atoms with Gasteiger partial charge in [-0.15, -0.1) is 0 Å². The van der Waals surface area contributed by atoms with Gasteiger partial charge in [0.1, 0.15) is 17.2 Å². The van der Waals surface area contributed by atoms with Crippen LogP contribution < -0.4 is 5.32 Å². The number of amides is 1. The molecule has 0 aliphatic heterocycles. The van der Waals surface area contributed by atoms with Gasteiger partial charge in [0.15, 0.2) is 5.76 Å². The average Bonchev–Trinajstić information content (AvgIpc) is 3.32. The lowest BCUT2D eigenvalue weighted by Gasteiger charge is -2.08. The quantitative estimate of drug-likeness (QED) is 0.605. The minimum Gasteiger partial charge on any atom is -0.463 e. The van der Waals surface area contributed by atoms with E-state index in [1.807, 2.05) is 55.5 Å². The molecular weight excluding hydrogens is 328 g/mol. The van der Waals surface area contributed by atoms with Gasteiger partial charge in [-0.2, -0.15) is 5.10 Å². The van der Waals surface area contributed by atoms with Gasteiger partial charge in [-0.05, 0) is 48.9 Å². The number of furan rings is 1. The van der Waals surface area contributed by atoms with Crippen molar-refractivity contribution in [3.05, 3.63) is 84.4 Å². The summed E-state index contributed by atoms with van der Waals surface area (Å²) < 4.78 is 7.02. The Morgan fingerprint density at radius 3 is 2.65 bits per heavy atom. The lowest BCUT2D eigenvalue weighted by molar-refractivity contribution is 0.101. The summed E-state index contributed by atoms with van der Waals surface area (Å²) >= 11 is 0. The maximum Gasteiger partial charge on any atom is 0.275 e. The van der Waals surface area contributed by atoms with Gasteiger partial charge in [0.25, 0.3) is 5.91 Å². The summed E-state index contributed by atoms with van der Waals surface area (Å²) in [5, 5.41) is 7.37. The monoisotopic (exact) mass is 344 g/mol. The molecule has 1 N–H and O–H groups in total. The van der Waals surface area contributed by atoms with Gasteiger partial charge in [-0.25, -0.2) is 9.67 Å². The van der Waals surface area contributed by atoms with E-state index in [9.17, 15) is 4.79 Å². The third kappa shape index (κ3) is 3.12. The number of hydrogen-bond donors (Lipinski definition) is 1. The number of nitrogens with one attached hydrogen (secondary N) is 1. The molecule has 6 nitrogen and oxygen atoms in total. The Morgan fingerprint density at radius 1 is 1.08 bits per heavy atom. The zero-order valence-corrected chi connectivity index (χ0v) is 14.1. The van der Waals surface area contributed by atoms with Gasteiger partial charge in [0.2, 0.25) is 0 Å². The molecule has 0 atom stereocenters. The van der Waals surface area contributed by atoms with Gasteiger partial charge in [-0.1, -0.05) is 18.2 Å². The molecule has 3 heterocycles. The average molecular weight is 344 g/mol. The highest BCUT2D eigenvalue weighted by Crippen LogP contribution is 2.23. The fourth-order valence-corrected chi connectivity index (χ4v) is 2.64. The van der Waals surface area contributed by atoms with E-state index in [2.05, 4.69) is 15.4 Å². The van der Waals surface area contributed by atoms with Crippen molar-refractivity contribution >= 4 is 11.7 Å². The summed E-state index contributed by atoms with van der Waals surface area (Å²) in [7, 11) is 0. The van der Waals surface area contributed by atoms with E-state index in [0.29, 0.717) is 23.0 Å². The Hall–Kier alpha value is -3.67. The molecule has 6 heteroatoms. The summed E-state index contributed by atoms with van der Waals surface area (Å²) in [4.78, 5) is 17.0. The SMILES string of the molecule is Cc1ccnc(NC(=O)c2cc(-c3ccco3)nn2-c2ccccc2)c1. The van der Waals surface area contributed by atoms with Crippen LogP contribution >= 0.6 is 0 Å². The number of benzene rings is 1. The van der Waals surface area contributed by atoms with Crippen LogP contribution in [0.1, 0.15) is 16.1 Å². The van der Waals surface area contributed by atoms with Crippen molar-refractivity contribution in [3.63, 3.8) is 0 Å². The summed E-state index contributed by atoms with van der Waals surface area (Å²) in [5.41, 5.74) is 2.78. The number of hydrogen-bond acceptors (Lipinski definition) is 4. The summed E-state index contributed by atoms with van der Waals surface area (Å²) in [5.74, 6) is 0.801. The van der Waals surface area contributed by atoms with Crippen LogP contribution in [0.4, 0.5) is 5.82 Å². The molecule has 3 aromatic heterocycles. The first-order valence-corrected chi connectivity index (χ1v) is 8.14. The van der Waals surface area contributed by atoms with Crippen LogP contribution in [0.2, 0.25) is 0 Å². The van der Waals surface area contributed by atoms with Gasteiger partial charge in [0.05, 0.1) is 12.0 Å². The van der Waals surface area contributed by atoms with Crippen molar-refractivity contribution in [2.75, 3.05) is 5.32 Å². The highest BCUT2D eigenvalue weighted by molar-refractivity contribution is 6.03. The normalized spacial score (nSPS) is 10.7. The predicted octanol–water partition coefficient (Wildman–Crippen LogP) is 4.09. The highest BCUT2D eigenvalue weighted by atomic mass is 16.3. The molecule has 1 aromatic carbocycles. The zero-order chi connectivity index (χ0) is 17.9. The molecule has 0 spiro atoms. The fraction of sp³-hybridized carbons (Fsp3) is 0.0500. The molecule has 0 radical (unpaired) electrons. The number of carbonyl (C=O) groups is 1. The van der Waals surface area contributed by atoms with Crippen molar-refractivity contribution in [1.29, 1.82) is 0 Å². The molecule has 0 saturated heterocycles. The molecule has 26 heavy (non-hydrogen) atoms. The lowest BCUT2D eigenvalue weighted by Crippen LogP contribution is -2.17. The Labute approximate surface area is 150 Å². The van der Waals surface area contributed by atoms with Crippen molar-refractivity contribution in [2.24, 2.45) is 0 Å². The molecule has 0 unspecified atom stereocenters. The van der Waals surface area contributed by atoms with Crippen molar-refractivity contribution in [2.45, 2.75) is 6.92 Å². The Bertz CT molecular complexity index is 1040. The molecule has 0 aliphatic rings. The van der Waals surface area contributed by atoms with Crippen molar-refractivity contribution < 1.29 is 9.21 Å². The Kier molecular flexibility index (Phi) is 4.07. The largest absolute Gasteiger partial charge is 0.463 e. The van der Waals surface area contributed by atoms with Crippen LogP contribution in [0, 0.1) is 6.92 Å². The van der Waals surface area contributed by atoms with E-state index in [1.54, 1.807) is 29.3 Å². The van der Waals surface area contributed by atoms with Crippen molar-refractivity contribution in [3.8, 4) is 17.1 Å². The maximum absolute atomic E-state index is 12.9. The standard InChI is InChI=1S/C20H16N4O2/c1-14-9-10-21-19(12-14)22-20(25)17-13-16(18-8-5-11-26-18)23-24(17)15-6-3-2-4-7-15/h2-13H,1H3,(H,21,22,25). The first-order valence-electron chi connectivity index (χ1n) is 8.14. The maximum atomic E-state index is 12.9. The number of para-hydroxylation sites is 1. The molecule has 0 bridgehead atoms. The lowest BCUT2D eigenvalue weighted by atomic mass is 10.2. The minimum absolute atomic E-state index is 0.294. The van der Waals surface area contributed by atoms with Gasteiger partial charge in [0, 0.05) is 12.3 Å². The second-order valence-corrected chi connectivity index (χ2v) is 5.81. The summed E-state index contributed by atoms with van der Waals surface area (Å²) in [6.45, 7) is 1.95. The van der Waals surface area contributed by atoms with Gasteiger partial charge < -0.3 is 9.73 Å². The van der Waals surface area contributed by atoms with Crippen LogP contribution in [0.25, 0.3) is 17.1 Å². The third-order valence-electron chi connectivity index (χ3n) is 3.87. The molecule has 0 aliphatic carbocycles. The highest BCUT2D eigenvalue weighted by Gasteiger charge is 2.19. The first kappa shape index (κ1) is 15.8. The molecule has 0 fully saturated rings. The van der Waals surface area contributed by atoms with E-state index in [1.165, 1.54) is 0 Å². The number of anilines is 1. The van der Waals surface area contributed by atoms with Gasteiger partial charge in [-0.3, -0.25) is 4.79 Å². The molecular formula is C20H16N4O2. The fourth-order valence-electron chi connectivity index (χ4n) is 2.64. The van der Waals surface area contributed by atoms with E-state index in [-0.39, 0.29) is 5.91 Å². The minimum atomic E-state index is -0.294. The second-order valence-electron chi connectivity index (χ2n) is 5.81. The smallest absolute Gasteiger partial charge is 0.275 e. The predicted molar refractivity (Wildman–Crippen MR) is 98.2 cm³/mol. The van der Waals surface area contributed by atoms with Gasteiger partial charge >= 0.3 is 0 Å². The summed E-state index contributed by atoms with van der Waals surface area (Å²) in [6, 6.07) is 18.5. The second kappa shape index (κ2) is 6.68. The number of nitrogens with zero attached hydrogens (tertiary/aromatic N) is 3. The van der Waals surface area contributed by atoms with E-state index >= 15 is 0 Å². The Balaban J connectivity index is 1.75. The number of carbonyl (C=O) groups excluding carboxylic acids is 1. The zero-order valence-electron chi connectivity index (χ0n) is 14.1. The van der Waals surface area contributed by atoms with Crippen LogP contribution in [0.3, 0.4) is 0 Å². The number of aryl methyl sites for hydroxylation is 1. The van der Waals surface area contributed by atoms with Crippen LogP contribution in [-0.4, -0.2) is 20.7 Å². The molecule has 4 aromatic rings. The van der Waals surface area contributed by atoms with Crippen LogP contribution in [0.15, 0.2) is 77.5 Å². The molecule has 128 valence electrons. The molecule has 4 rings (SSSR count). The number of rotatable bonds is 4. The number of pyridine rings is 1. The topological polar surface area (TPSA) is 73.0 Å². The summed E-state index contributed by atoms with van der Waals surface area (Å²) in [6.07, 6.45) is 3.24. The van der Waals surface area contributed by atoms with E-state index in [0.717, 1.165) is 11.3 Å². The number of aromatic nitrogens is 3. The van der Waals surface area contributed by atoms with E-state index < -0.39 is 0 Å². The van der Waals surface area contributed by atoms with Crippen LogP contribution in [-0.2, 0) is 0 Å². The van der Waals surface area contributed by atoms with Crippen molar-refractivity contribution in [1.82, 2.24) is 14.8 Å². The third-order valence-corrected chi connectivity index (χ3v) is 3.87. The van der Waals surface area contributed by atoms with E-state index in [4.69, 9.17) is 4.42 Å². The molecule has 0 saturated carbocycles. The Morgan fingerprint density at radius 2 is 1.92 bits per heavy atom. The first-order chi connectivity index (χ1) is 12.7.